The van der Waals surface area contributed by atoms with E-state index in [1.807, 2.05) is 16.1 Å². The number of thiazole rings is 1. The van der Waals surface area contributed by atoms with Gasteiger partial charge in [-0.25, -0.2) is 4.99 Å². The quantitative estimate of drug-likeness (QED) is 0.851. The van der Waals surface area contributed by atoms with Gasteiger partial charge < -0.3 is 9.67 Å². The van der Waals surface area contributed by atoms with Gasteiger partial charge in [-0.15, -0.1) is 17.9 Å². The number of carboxylic acid groups (broad SMARTS) is 1. The molecule has 0 bridgehead atoms. The van der Waals surface area contributed by atoms with Crippen LogP contribution in [-0.2, 0) is 11.3 Å². The summed E-state index contributed by atoms with van der Waals surface area (Å²) >= 11 is 7.72. The van der Waals surface area contributed by atoms with Gasteiger partial charge in [0.05, 0.1) is 16.6 Å². The van der Waals surface area contributed by atoms with E-state index < -0.39 is 11.9 Å². The van der Waals surface area contributed by atoms with Gasteiger partial charge in [0.15, 0.2) is 4.80 Å². The van der Waals surface area contributed by atoms with Gasteiger partial charge >= 0.3 is 5.97 Å². The molecule has 0 saturated carbocycles. The maximum atomic E-state index is 11.0. The minimum atomic E-state index is -0.877. The summed E-state index contributed by atoms with van der Waals surface area (Å²) in [5, 5.41) is 11.4. The first kappa shape index (κ1) is 15.5. The second-order valence-electron chi connectivity index (χ2n) is 4.51. The molecule has 0 saturated heterocycles. The molecular weight excluding hydrogens is 308 g/mol. The first-order valence-corrected chi connectivity index (χ1v) is 7.60. The van der Waals surface area contributed by atoms with Crippen LogP contribution >= 0.6 is 22.9 Å². The summed E-state index contributed by atoms with van der Waals surface area (Å²) in [5.41, 5.74) is 1.29. The molecule has 1 heterocycles. The van der Waals surface area contributed by atoms with Crippen LogP contribution in [-0.4, -0.2) is 15.6 Å². The number of rotatable bonds is 5. The molecule has 2 aromatic rings. The third kappa shape index (κ3) is 3.62. The van der Waals surface area contributed by atoms with Crippen LogP contribution in [0.2, 0.25) is 5.02 Å². The Kier molecular flexibility index (Phi) is 4.98. The second kappa shape index (κ2) is 6.74. The molecule has 1 N–H and O–H groups in total. The number of halogens is 1. The lowest BCUT2D eigenvalue weighted by atomic mass is 10.0. The molecule has 0 aliphatic rings. The van der Waals surface area contributed by atoms with Crippen molar-refractivity contribution in [3.8, 4) is 0 Å². The normalized spacial score (nSPS) is 13.1. The number of hydrogen-bond donors (Lipinski definition) is 1. The summed E-state index contributed by atoms with van der Waals surface area (Å²) in [6.07, 6.45) is 3.73. The van der Waals surface area contributed by atoms with E-state index in [-0.39, 0.29) is 0 Å². The molecule has 21 heavy (non-hydrogen) atoms. The SMILES string of the molecule is C=CCn1ccs/c1=N\c1ccc(C(C)C(=O)O)cc1Cl. The van der Waals surface area contributed by atoms with Crippen molar-refractivity contribution < 1.29 is 9.90 Å². The summed E-state index contributed by atoms with van der Waals surface area (Å²) < 4.78 is 1.96. The van der Waals surface area contributed by atoms with E-state index >= 15 is 0 Å². The van der Waals surface area contributed by atoms with E-state index in [0.717, 1.165) is 4.80 Å². The van der Waals surface area contributed by atoms with Crippen LogP contribution in [0.5, 0.6) is 0 Å². The van der Waals surface area contributed by atoms with Gasteiger partial charge in [-0.2, -0.15) is 0 Å². The predicted molar refractivity (Wildman–Crippen MR) is 85.2 cm³/mol. The zero-order chi connectivity index (χ0) is 15.4. The topological polar surface area (TPSA) is 54.6 Å². The molecule has 0 fully saturated rings. The van der Waals surface area contributed by atoms with Crippen LogP contribution in [0, 0.1) is 0 Å². The zero-order valence-electron chi connectivity index (χ0n) is 11.5. The van der Waals surface area contributed by atoms with Crippen LogP contribution in [0.4, 0.5) is 5.69 Å². The van der Waals surface area contributed by atoms with Gasteiger partial charge in [-0.05, 0) is 24.6 Å². The fourth-order valence-electron chi connectivity index (χ4n) is 1.79. The van der Waals surface area contributed by atoms with Gasteiger partial charge in [0.1, 0.15) is 0 Å². The van der Waals surface area contributed by atoms with Crippen LogP contribution in [0.3, 0.4) is 0 Å². The highest BCUT2D eigenvalue weighted by atomic mass is 35.5. The Labute approximate surface area is 131 Å². The van der Waals surface area contributed by atoms with Crippen molar-refractivity contribution in [1.29, 1.82) is 0 Å². The van der Waals surface area contributed by atoms with Crippen LogP contribution in [0.15, 0.2) is 47.4 Å². The first-order valence-electron chi connectivity index (χ1n) is 6.34. The van der Waals surface area contributed by atoms with E-state index in [1.165, 1.54) is 11.3 Å². The van der Waals surface area contributed by atoms with Gasteiger partial charge in [0.25, 0.3) is 0 Å². The molecule has 6 heteroatoms. The van der Waals surface area contributed by atoms with Crippen molar-refractivity contribution in [2.75, 3.05) is 0 Å². The molecule has 2 rings (SSSR count). The minimum absolute atomic E-state index is 0.444. The number of carboxylic acids is 1. The third-order valence-corrected chi connectivity index (χ3v) is 4.14. The van der Waals surface area contributed by atoms with Crippen LogP contribution in [0.1, 0.15) is 18.4 Å². The molecule has 0 spiro atoms. The molecule has 0 aliphatic carbocycles. The van der Waals surface area contributed by atoms with Gasteiger partial charge in [0.2, 0.25) is 0 Å². The largest absolute Gasteiger partial charge is 0.481 e. The summed E-state index contributed by atoms with van der Waals surface area (Å²) in [7, 11) is 0. The lowest BCUT2D eigenvalue weighted by Crippen LogP contribution is -2.12. The lowest BCUT2D eigenvalue weighted by Gasteiger charge is -2.08. The second-order valence-corrected chi connectivity index (χ2v) is 5.79. The molecule has 1 atom stereocenters. The molecule has 0 amide bonds. The molecule has 0 aliphatic heterocycles. The van der Waals surface area contributed by atoms with Crippen molar-refractivity contribution in [3.63, 3.8) is 0 Å². The van der Waals surface area contributed by atoms with Crippen molar-refractivity contribution in [2.45, 2.75) is 19.4 Å². The monoisotopic (exact) mass is 322 g/mol. The summed E-state index contributed by atoms with van der Waals surface area (Å²) in [6, 6.07) is 5.15. The standard InChI is InChI=1S/C15H15ClN2O2S/c1-3-6-18-7-8-21-15(18)17-13-5-4-11(9-12(13)16)10(2)14(19)20/h3-5,7-10H,1,6H2,2H3,(H,19,20)/b17-15-. The number of aromatic nitrogens is 1. The first-order chi connectivity index (χ1) is 10.0. The molecular formula is C15H15ClN2O2S. The maximum absolute atomic E-state index is 11.0. The van der Waals surface area contributed by atoms with E-state index in [4.69, 9.17) is 16.7 Å². The summed E-state index contributed by atoms with van der Waals surface area (Å²) in [5.74, 6) is -1.47. The van der Waals surface area contributed by atoms with Crippen molar-refractivity contribution in [2.24, 2.45) is 4.99 Å². The highest BCUT2D eigenvalue weighted by Crippen LogP contribution is 2.28. The Balaban J connectivity index is 2.40. The Hall–Kier alpha value is -1.85. The van der Waals surface area contributed by atoms with E-state index in [1.54, 1.807) is 31.2 Å². The Morgan fingerprint density at radius 1 is 1.62 bits per heavy atom. The maximum Gasteiger partial charge on any atom is 0.310 e. The fourth-order valence-corrected chi connectivity index (χ4v) is 2.78. The van der Waals surface area contributed by atoms with Crippen molar-refractivity contribution in [1.82, 2.24) is 4.57 Å². The third-order valence-electron chi connectivity index (χ3n) is 3.04. The number of aliphatic carboxylic acids is 1. The Morgan fingerprint density at radius 2 is 2.38 bits per heavy atom. The van der Waals surface area contributed by atoms with Gasteiger partial charge in [0, 0.05) is 18.1 Å². The number of nitrogens with zero attached hydrogens (tertiary/aromatic N) is 2. The highest BCUT2D eigenvalue weighted by molar-refractivity contribution is 7.07. The average molecular weight is 323 g/mol. The number of carbonyl (C=O) groups is 1. The number of allylic oxidation sites excluding steroid dienone is 1. The fraction of sp³-hybridized carbons (Fsp3) is 0.200. The highest BCUT2D eigenvalue weighted by Gasteiger charge is 2.14. The molecule has 1 unspecified atom stereocenters. The summed E-state index contributed by atoms with van der Waals surface area (Å²) in [6.45, 7) is 6.01. The van der Waals surface area contributed by atoms with Crippen LogP contribution in [0.25, 0.3) is 0 Å². The lowest BCUT2D eigenvalue weighted by molar-refractivity contribution is -0.138. The van der Waals surface area contributed by atoms with E-state index in [0.29, 0.717) is 22.8 Å². The smallest absolute Gasteiger partial charge is 0.310 e. The van der Waals surface area contributed by atoms with Crippen LogP contribution < -0.4 is 4.80 Å². The van der Waals surface area contributed by atoms with E-state index in [9.17, 15) is 4.79 Å². The summed E-state index contributed by atoms with van der Waals surface area (Å²) in [4.78, 5) is 16.3. The van der Waals surface area contributed by atoms with Gasteiger partial charge in [-0.3, -0.25) is 4.79 Å². The van der Waals surface area contributed by atoms with Crippen molar-refractivity contribution >= 4 is 34.6 Å². The number of hydrogen-bond acceptors (Lipinski definition) is 3. The average Bonchev–Trinajstić information content (AvgIpc) is 2.88. The van der Waals surface area contributed by atoms with E-state index in [2.05, 4.69) is 11.6 Å². The number of benzene rings is 1. The Bertz CT molecular complexity index is 733. The molecule has 1 aromatic carbocycles. The molecule has 110 valence electrons. The van der Waals surface area contributed by atoms with Gasteiger partial charge in [-0.1, -0.05) is 23.7 Å². The minimum Gasteiger partial charge on any atom is -0.481 e. The van der Waals surface area contributed by atoms with Crippen molar-refractivity contribution in [3.05, 3.63) is 57.8 Å². The molecule has 4 nitrogen and oxygen atoms in total. The zero-order valence-corrected chi connectivity index (χ0v) is 13.1. The Morgan fingerprint density at radius 3 is 3.00 bits per heavy atom. The predicted octanol–water partition coefficient (Wildman–Crippen LogP) is 3.81. The molecule has 1 aromatic heterocycles. The molecule has 0 radical (unpaired) electrons.